The van der Waals surface area contributed by atoms with Gasteiger partial charge in [0.05, 0.1) is 0 Å². The highest BCUT2D eigenvalue weighted by atomic mass is 79.9. The van der Waals surface area contributed by atoms with Crippen LogP contribution in [0.1, 0.15) is 48.5 Å². The van der Waals surface area contributed by atoms with Crippen LogP contribution in [-0.2, 0) is 0 Å². The molecule has 19 heavy (non-hydrogen) atoms. The molecule has 0 aromatic heterocycles. The van der Waals surface area contributed by atoms with E-state index in [1.165, 1.54) is 12.8 Å². The lowest BCUT2D eigenvalue weighted by Gasteiger charge is -2.32. The molecule has 2 nitrogen and oxygen atoms in total. The number of likely N-dealkylation sites (tertiary alicyclic amines) is 1. The number of hydrogen-bond donors (Lipinski definition) is 0. The van der Waals surface area contributed by atoms with Crippen molar-refractivity contribution in [2.24, 2.45) is 5.92 Å². The lowest BCUT2D eigenvalue weighted by Crippen LogP contribution is -2.38. The van der Waals surface area contributed by atoms with Gasteiger partial charge in [0, 0.05) is 23.1 Å². The first-order valence-corrected chi connectivity index (χ1v) is 7.96. The Bertz CT molecular complexity index is 430. The summed E-state index contributed by atoms with van der Waals surface area (Å²) in [5.74, 6) is 0.998. The third-order valence-electron chi connectivity index (χ3n) is 3.89. The first kappa shape index (κ1) is 14.6. The normalized spacial score (nSPS) is 16.7. The molecular formula is C16H22BrNO. The molecule has 1 heterocycles. The van der Waals surface area contributed by atoms with Gasteiger partial charge in [0.25, 0.3) is 5.91 Å². The Kier molecular flexibility index (Phi) is 5.03. The van der Waals surface area contributed by atoms with Gasteiger partial charge >= 0.3 is 0 Å². The van der Waals surface area contributed by atoms with Gasteiger partial charge in [-0.3, -0.25) is 4.79 Å². The quantitative estimate of drug-likeness (QED) is 0.806. The lowest BCUT2D eigenvalue weighted by molar-refractivity contribution is 0.0686. The van der Waals surface area contributed by atoms with E-state index in [9.17, 15) is 4.79 Å². The molecule has 0 spiro atoms. The third kappa shape index (κ3) is 3.82. The van der Waals surface area contributed by atoms with Crippen molar-refractivity contribution >= 4 is 21.8 Å². The van der Waals surface area contributed by atoms with Crippen molar-refractivity contribution in [1.82, 2.24) is 4.90 Å². The van der Waals surface area contributed by atoms with Crippen LogP contribution in [0.25, 0.3) is 0 Å². The van der Waals surface area contributed by atoms with Gasteiger partial charge in [-0.05, 0) is 49.4 Å². The lowest BCUT2D eigenvalue weighted by atomic mass is 9.92. The predicted molar refractivity (Wildman–Crippen MR) is 82.4 cm³/mol. The van der Waals surface area contributed by atoms with Crippen molar-refractivity contribution < 1.29 is 4.79 Å². The molecule has 0 saturated carbocycles. The van der Waals surface area contributed by atoms with Gasteiger partial charge in [-0.2, -0.15) is 0 Å². The van der Waals surface area contributed by atoms with Crippen LogP contribution in [0.3, 0.4) is 0 Å². The smallest absolute Gasteiger partial charge is 0.253 e. The Morgan fingerprint density at radius 2 is 2.00 bits per heavy atom. The summed E-state index contributed by atoms with van der Waals surface area (Å²) in [7, 11) is 0. The number of carbonyl (C=O) groups excluding carboxylic acids is 1. The fourth-order valence-corrected chi connectivity index (χ4v) is 3.48. The Labute approximate surface area is 124 Å². The molecule has 1 fully saturated rings. The highest BCUT2D eigenvalue weighted by molar-refractivity contribution is 9.10. The molecule has 1 aliphatic heterocycles. The zero-order chi connectivity index (χ0) is 13.8. The number of halogens is 1. The van der Waals surface area contributed by atoms with Crippen LogP contribution in [0.2, 0.25) is 0 Å². The molecule has 0 atom stereocenters. The topological polar surface area (TPSA) is 20.3 Å². The van der Waals surface area contributed by atoms with Gasteiger partial charge in [-0.25, -0.2) is 0 Å². The van der Waals surface area contributed by atoms with Crippen LogP contribution < -0.4 is 0 Å². The highest BCUT2D eigenvalue weighted by Gasteiger charge is 2.23. The van der Waals surface area contributed by atoms with E-state index in [4.69, 9.17) is 0 Å². The molecule has 0 radical (unpaired) electrons. The Balaban J connectivity index is 2.01. The number of piperidine rings is 1. The molecular weight excluding hydrogens is 302 g/mol. The maximum atomic E-state index is 12.5. The molecule has 1 saturated heterocycles. The monoisotopic (exact) mass is 323 g/mol. The Hall–Kier alpha value is -0.830. The summed E-state index contributed by atoms with van der Waals surface area (Å²) in [6.45, 7) is 6.08. The van der Waals surface area contributed by atoms with E-state index in [0.29, 0.717) is 0 Å². The van der Waals surface area contributed by atoms with Crippen LogP contribution in [0.5, 0.6) is 0 Å². The number of benzene rings is 1. The average Bonchev–Trinajstić information content (AvgIpc) is 2.38. The number of aryl methyl sites for hydroxylation is 1. The third-order valence-corrected chi connectivity index (χ3v) is 4.35. The standard InChI is InChI=1S/C16H22BrNO/c1-3-4-13-5-7-18(8-6-13)16(19)14-9-12(2)10-15(17)11-14/h9-11,13H,3-8H2,1-2H3. The molecule has 0 aliphatic carbocycles. The zero-order valence-corrected chi connectivity index (χ0v) is 13.4. The molecule has 0 N–H and O–H groups in total. The molecule has 0 unspecified atom stereocenters. The summed E-state index contributed by atoms with van der Waals surface area (Å²) >= 11 is 3.46. The van der Waals surface area contributed by atoms with E-state index in [1.807, 2.05) is 30.0 Å². The number of hydrogen-bond acceptors (Lipinski definition) is 1. The van der Waals surface area contributed by atoms with Gasteiger partial charge < -0.3 is 4.90 Å². The van der Waals surface area contributed by atoms with E-state index in [0.717, 1.165) is 47.4 Å². The molecule has 2 rings (SSSR count). The van der Waals surface area contributed by atoms with Crippen molar-refractivity contribution in [2.75, 3.05) is 13.1 Å². The molecule has 104 valence electrons. The summed E-state index contributed by atoms with van der Waals surface area (Å²) in [5.41, 5.74) is 1.93. The first-order chi connectivity index (χ1) is 9.10. The minimum atomic E-state index is 0.180. The molecule has 1 aliphatic rings. The van der Waals surface area contributed by atoms with Gasteiger partial charge in [-0.15, -0.1) is 0 Å². The van der Waals surface area contributed by atoms with Gasteiger partial charge in [0.1, 0.15) is 0 Å². The van der Waals surface area contributed by atoms with Crippen molar-refractivity contribution in [1.29, 1.82) is 0 Å². The minimum absolute atomic E-state index is 0.180. The first-order valence-electron chi connectivity index (χ1n) is 7.16. The molecule has 1 aromatic rings. The summed E-state index contributed by atoms with van der Waals surface area (Å²) in [6, 6.07) is 5.93. The predicted octanol–water partition coefficient (Wildman–Crippen LogP) is 4.41. The van der Waals surface area contributed by atoms with E-state index >= 15 is 0 Å². The van der Waals surface area contributed by atoms with Crippen molar-refractivity contribution in [3.8, 4) is 0 Å². The van der Waals surface area contributed by atoms with Gasteiger partial charge in [0.2, 0.25) is 0 Å². The highest BCUT2D eigenvalue weighted by Crippen LogP contribution is 2.24. The number of rotatable bonds is 3. The fourth-order valence-electron chi connectivity index (χ4n) is 2.88. The summed E-state index contributed by atoms with van der Waals surface area (Å²) in [6.07, 6.45) is 4.88. The number of amides is 1. The van der Waals surface area contributed by atoms with Crippen LogP contribution in [0, 0.1) is 12.8 Å². The second-order valence-electron chi connectivity index (χ2n) is 5.54. The van der Waals surface area contributed by atoms with Crippen LogP contribution in [-0.4, -0.2) is 23.9 Å². The van der Waals surface area contributed by atoms with E-state index in [-0.39, 0.29) is 5.91 Å². The van der Waals surface area contributed by atoms with Crippen LogP contribution >= 0.6 is 15.9 Å². The Morgan fingerprint density at radius 3 is 2.58 bits per heavy atom. The maximum Gasteiger partial charge on any atom is 0.253 e. The second kappa shape index (κ2) is 6.56. The van der Waals surface area contributed by atoms with E-state index in [2.05, 4.69) is 22.9 Å². The average molecular weight is 324 g/mol. The molecule has 3 heteroatoms. The van der Waals surface area contributed by atoms with Gasteiger partial charge in [-0.1, -0.05) is 35.7 Å². The van der Waals surface area contributed by atoms with Crippen molar-refractivity contribution in [3.63, 3.8) is 0 Å². The van der Waals surface area contributed by atoms with Crippen molar-refractivity contribution in [2.45, 2.75) is 39.5 Å². The van der Waals surface area contributed by atoms with E-state index in [1.54, 1.807) is 0 Å². The second-order valence-corrected chi connectivity index (χ2v) is 6.46. The van der Waals surface area contributed by atoms with Gasteiger partial charge in [0.15, 0.2) is 0 Å². The van der Waals surface area contributed by atoms with Crippen molar-refractivity contribution in [3.05, 3.63) is 33.8 Å². The summed E-state index contributed by atoms with van der Waals surface area (Å²) in [5, 5.41) is 0. The summed E-state index contributed by atoms with van der Waals surface area (Å²) < 4.78 is 0.983. The maximum absolute atomic E-state index is 12.5. The Morgan fingerprint density at radius 1 is 1.32 bits per heavy atom. The van der Waals surface area contributed by atoms with E-state index < -0.39 is 0 Å². The minimum Gasteiger partial charge on any atom is -0.339 e. The van der Waals surface area contributed by atoms with Crippen LogP contribution in [0.15, 0.2) is 22.7 Å². The fraction of sp³-hybridized carbons (Fsp3) is 0.562. The SMILES string of the molecule is CCCC1CCN(C(=O)c2cc(C)cc(Br)c2)CC1. The number of nitrogens with zero attached hydrogens (tertiary/aromatic N) is 1. The largest absolute Gasteiger partial charge is 0.339 e. The molecule has 0 bridgehead atoms. The zero-order valence-electron chi connectivity index (χ0n) is 11.8. The van der Waals surface area contributed by atoms with Crippen LogP contribution in [0.4, 0.5) is 0 Å². The molecule has 1 amide bonds. The summed E-state index contributed by atoms with van der Waals surface area (Å²) in [4.78, 5) is 14.5. The molecule has 1 aromatic carbocycles. The number of carbonyl (C=O) groups is 1.